The Balaban J connectivity index is 1.63. The maximum atomic E-state index is 12.3. The van der Waals surface area contributed by atoms with Gasteiger partial charge in [0.05, 0.1) is 12.2 Å². The summed E-state index contributed by atoms with van der Waals surface area (Å²) in [5, 5.41) is 0. The summed E-state index contributed by atoms with van der Waals surface area (Å²) < 4.78 is 17.2. The van der Waals surface area contributed by atoms with E-state index in [1.165, 1.54) is 5.56 Å². The van der Waals surface area contributed by atoms with Gasteiger partial charge in [-0.25, -0.2) is 4.79 Å². The van der Waals surface area contributed by atoms with Gasteiger partial charge in [-0.15, -0.1) is 0 Å². The molecule has 1 heterocycles. The number of hydrogen-bond acceptors (Lipinski definition) is 4. The van der Waals surface area contributed by atoms with Crippen LogP contribution >= 0.6 is 0 Å². The molecule has 2 aromatic rings. The standard InChI is InChI=1S/C25H32O4/c1-5-18(2)19-11-15-22(16-12-19)29-25(3,4)21-13-9-20(10-14-21)24(26)28-23-8-6-7-17-27-23/h9-16,18,23H,5-8,17H2,1-4H3. The van der Waals surface area contributed by atoms with E-state index in [2.05, 4.69) is 26.0 Å². The number of carbonyl (C=O) groups is 1. The Labute approximate surface area is 174 Å². The molecule has 0 aliphatic carbocycles. The highest BCUT2D eigenvalue weighted by atomic mass is 16.7. The lowest BCUT2D eigenvalue weighted by atomic mass is 9.96. The van der Waals surface area contributed by atoms with Crippen molar-refractivity contribution in [1.82, 2.24) is 0 Å². The van der Waals surface area contributed by atoms with Gasteiger partial charge >= 0.3 is 5.97 Å². The largest absolute Gasteiger partial charge is 0.483 e. The van der Waals surface area contributed by atoms with E-state index in [1.807, 2.05) is 38.1 Å². The first-order valence-electron chi connectivity index (χ1n) is 10.6. The molecule has 29 heavy (non-hydrogen) atoms. The molecular weight excluding hydrogens is 364 g/mol. The smallest absolute Gasteiger partial charge is 0.340 e. The Kier molecular flexibility index (Phi) is 6.96. The molecule has 0 spiro atoms. The molecule has 2 aromatic carbocycles. The van der Waals surface area contributed by atoms with Gasteiger partial charge in [0.2, 0.25) is 6.29 Å². The zero-order valence-corrected chi connectivity index (χ0v) is 17.9. The molecule has 0 amide bonds. The van der Waals surface area contributed by atoms with E-state index in [1.54, 1.807) is 12.1 Å². The lowest BCUT2D eigenvalue weighted by Gasteiger charge is -2.27. The van der Waals surface area contributed by atoms with E-state index in [0.717, 1.165) is 37.0 Å². The molecule has 0 bridgehead atoms. The molecule has 4 nitrogen and oxygen atoms in total. The monoisotopic (exact) mass is 396 g/mol. The first kappa shape index (κ1) is 21.4. The van der Waals surface area contributed by atoms with E-state index in [0.29, 0.717) is 18.1 Å². The molecule has 0 aromatic heterocycles. The summed E-state index contributed by atoms with van der Waals surface area (Å²) in [5.41, 5.74) is 2.32. The zero-order valence-electron chi connectivity index (χ0n) is 17.9. The van der Waals surface area contributed by atoms with Gasteiger partial charge in [-0.2, -0.15) is 0 Å². The molecule has 2 unspecified atom stereocenters. The number of carbonyl (C=O) groups excluding carboxylic acids is 1. The van der Waals surface area contributed by atoms with E-state index < -0.39 is 11.9 Å². The van der Waals surface area contributed by atoms with E-state index >= 15 is 0 Å². The predicted octanol–water partition coefficient (Wildman–Crippen LogP) is 6.20. The third-order valence-electron chi connectivity index (χ3n) is 5.63. The molecule has 4 heteroatoms. The normalized spacial score (nSPS) is 18.1. The highest BCUT2D eigenvalue weighted by Gasteiger charge is 2.24. The Morgan fingerprint density at radius 3 is 2.38 bits per heavy atom. The van der Waals surface area contributed by atoms with Gasteiger partial charge in [0, 0.05) is 6.42 Å². The lowest BCUT2D eigenvalue weighted by molar-refractivity contribution is -0.131. The van der Waals surface area contributed by atoms with E-state index in [4.69, 9.17) is 14.2 Å². The highest BCUT2D eigenvalue weighted by molar-refractivity contribution is 5.89. The van der Waals surface area contributed by atoms with Gasteiger partial charge in [-0.05, 0) is 74.4 Å². The van der Waals surface area contributed by atoms with Crippen LogP contribution in [0, 0.1) is 0 Å². The van der Waals surface area contributed by atoms with Gasteiger partial charge < -0.3 is 14.2 Å². The second-order valence-electron chi connectivity index (χ2n) is 8.27. The Hall–Kier alpha value is -2.33. The predicted molar refractivity (Wildman–Crippen MR) is 114 cm³/mol. The Bertz CT molecular complexity index is 787. The van der Waals surface area contributed by atoms with Crippen LogP contribution in [-0.2, 0) is 15.1 Å². The second-order valence-corrected chi connectivity index (χ2v) is 8.27. The number of benzene rings is 2. The zero-order chi connectivity index (χ0) is 20.9. The van der Waals surface area contributed by atoms with Crippen molar-refractivity contribution in [3.05, 3.63) is 65.2 Å². The van der Waals surface area contributed by atoms with Gasteiger partial charge in [-0.3, -0.25) is 0 Å². The van der Waals surface area contributed by atoms with Crippen LogP contribution in [0.3, 0.4) is 0 Å². The van der Waals surface area contributed by atoms with Crippen molar-refractivity contribution in [3.8, 4) is 5.75 Å². The molecule has 0 N–H and O–H groups in total. The van der Waals surface area contributed by atoms with Crippen LogP contribution in [0.1, 0.15) is 80.8 Å². The molecule has 1 aliphatic rings. The van der Waals surface area contributed by atoms with Crippen molar-refractivity contribution in [3.63, 3.8) is 0 Å². The molecule has 156 valence electrons. The van der Waals surface area contributed by atoms with E-state index in [-0.39, 0.29) is 5.97 Å². The topological polar surface area (TPSA) is 44.8 Å². The summed E-state index contributed by atoms with van der Waals surface area (Å²) in [6, 6.07) is 15.7. The maximum Gasteiger partial charge on any atom is 0.340 e. The summed E-state index contributed by atoms with van der Waals surface area (Å²) in [6.07, 6.45) is 3.52. The third-order valence-corrected chi connectivity index (χ3v) is 5.63. The minimum absolute atomic E-state index is 0.345. The quantitative estimate of drug-likeness (QED) is 0.523. The third kappa shape index (κ3) is 5.60. The van der Waals surface area contributed by atoms with Crippen molar-refractivity contribution in [2.45, 2.75) is 71.2 Å². The fourth-order valence-corrected chi connectivity index (χ4v) is 3.45. The summed E-state index contributed by atoms with van der Waals surface area (Å²) in [4.78, 5) is 12.3. The van der Waals surface area contributed by atoms with Crippen LogP contribution in [0.5, 0.6) is 5.75 Å². The van der Waals surface area contributed by atoms with Gasteiger partial charge in [0.25, 0.3) is 0 Å². The van der Waals surface area contributed by atoms with Gasteiger partial charge in [0.15, 0.2) is 0 Å². The average Bonchev–Trinajstić information content (AvgIpc) is 2.74. The fraction of sp³-hybridized carbons (Fsp3) is 0.480. The van der Waals surface area contributed by atoms with Crippen LogP contribution in [0.15, 0.2) is 48.5 Å². The lowest BCUT2D eigenvalue weighted by Crippen LogP contribution is -2.26. The fourth-order valence-electron chi connectivity index (χ4n) is 3.45. The molecule has 0 radical (unpaired) electrons. The van der Waals surface area contributed by atoms with Crippen molar-refractivity contribution < 1.29 is 19.0 Å². The average molecular weight is 397 g/mol. The van der Waals surface area contributed by atoms with E-state index in [9.17, 15) is 4.79 Å². The van der Waals surface area contributed by atoms with Crippen molar-refractivity contribution >= 4 is 5.97 Å². The second kappa shape index (κ2) is 9.45. The van der Waals surface area contributed by atoms with Crippen molar-refractivity contribution in [1.29, 1.82) is 0 Å². The van der Waals surface area contributed by atoms with Crippen molar-refractivity contribution in [2.75, 3.05) is 6.61 Å². The maximum absolute atomic E-state index is 12.3. The SMILES string of the molecule is CCC(C)c1ccc(OC(C)(C)c2ccc(C(=O)OC3CCCCO3)cc2)cc1. The van der Waals surface area contributed by atoms with Crippen LogP contribution in [0.4, 0.5) is 0 Å². The highest BCUT2D eigenvalue weighted by Crippen LogP contribution is 2.29. The molecular formula is C25H32O4. The Morgan fingerprint density at radius 2 is 1.79 bits per heavy atom. The molecule has 1 aliphatic heterocycles. The number of ether oxygens (including phenoxy) is 3. The van der Waals surface area contributed by atoms with Crippen LogP contribution in [0.2, 0.25) is 0 Å². The molecule has 3 rings (SSSR count). The van der Waals surface area contributed by atoms with Crippen LogP contribution in [-0.4, -0.2) is 18.9 Å². The summed E-state index contributed by atoms with van der Waals surface area (Å²) in [5.74, 6) is 1.03. The minimum atomic E-state index is -0.521. The number of esters is 1. The van der Waals surface area contributed by atoms with Gasteiger partial charge in [0.1, 0.15) is 11.4 Å². The molecule has 0 saturated carbocycles. The molecule has 1 fully saturated rings. The first-order valence-corrected chi connectivity index (χ1v) is 10.6. The number of hydrogen-bond donors (Lipinski definition) is 0. The van der Waals surface area contributed by atoms with Crippen LogP contribution < -0.4 is 4.74 Å². The van der Waals surface area contributed by atoms with Crippen LogP contribution in [0.25, 0.3) is 0 Å². The summed E-state index contributed by atoms with van der Waals surface area (Å²) >= 11 is 0. The minimum Gasteiger partial charge on any atom is -0.483 e. The van der Waals surface area contributed by atoms with Gasteiger partial charge in [-0.1, -0.05) is 38.1 Å². The summed E-state index contributed by atoms with van der Waals surface area (Å²) in [6.45, 7) is 9.13. The number of rotatable bonds is 7. The molecule has 2 atom stereocenters. The first-order chi connectivity index (χ1) is 13.9. The summed E-state index contributed by atoms with van der Waals surface area (Å²) in [7, 11) is 0. The van der Waals surface area contributed by atoms with Crippen molar-refractivity contribution in [2.24, 2.45) is 0 Å². The molecule has 1 saturated heterocycles. The Morgan fingerprint density at radius 1 is 1.10 bits per heavy atom.